The van der Waals surface area contributed by atoms with Gasteiger partial charge >= 0.3 is 0 Å². The lowest BCUT2D eigenvalue weighted by molar-refractivity contribution is 0.188. The first kappa shape index (κ1) is 16.4. The van der Waals surface area contributed by atoms with Crippen molar-refractivity contribution < 1.29 is 4.39 Å². The second-order valence-corrected chi connectivity index (χ2v) is 6.44. The van der Waals surface area contributed by atoms with Crippen LogP contribution in [0.1, 0.15) is 57.6 Å². The molecule has 3 unspecified atom stereocenters. The summed E-state index contributed by atoms with van der Waals surface area (Å²) in [4.78, 5) is 2.52. The van der Waals surface area contributed by atoms with E-state index in [0.29, 0.717) is 6.04 Å². The quantitative estimate of drug-likeness (QED) is 0.884. The average molecular weight is 292 g/mol. The zero-order chi connectivity index (χ0) is 15.2. The van der Waals surface area contributed by atoms with E-state index < -0.39 is 0 Å². The van der Waals surface area contributed by atoms with Gasteiger partial charge in [-0.2, -0.15) is 0 Å². The lowest BCUT2D eigenvalue weighted by Gasteiger charge is -2.32. The smallest absolute Gasteiger partial charge is 0.123 e. The molecule has 0 aromatic heterocycles. The van der Waals surface area contributed by atoms with Crippen LogP contribution < -0.4 is 5.73 Å². The van der Waals surface area contributed by atoms with Gasteiger partial charge in [-0.15, -0.1) is 0 Å². The molecule has 2 nitrogen and oxygen atoms in total. The lowest BCUT2D eigenvalue weighted by atomic mass is 9.96. The summed E-state index contributed by atoms with van der Waals surface area (Å²) in [5.41, 5.74) is 7.43. The Labute approximate surface area is 128 Å². The van der Waals surface area contributed by atoms with Gasteiger partial charge in [-0.25, -0.2) is 4.39 Å². The molecular formula is C18H29FN2. The van der Waals surface area contributed by atoms with Crippen LogP contribution in [0.2, 0.25) is 0 Å². The van der Waals surface area contributed by atoms with Gasteiger partial charge in [0.2, 0.25) is 0 Å². The van der Waals surface area contributed by atoms with E-state index in [9.17, 15) is 4.39 Å². The third-order valence-electron chi connectivity index (χ3n) is 4.93. The van der Waals surface area contributed by atoms with E-state index in [0.717, 1.165) is 24.6 Å². The van der Waals surface area contributed by atoms with Gasteiger partial charge < -0.3 is 5.73 Å². The number of nitrogens with two attached hydrogens (primary N) is 1. The molecule has 1 fully saturated rings. The van der Waals surface area contributed by atoms with Gasteiger partial charge in [0.25, 0.3) is 0 Å². The summed E-state index contributed by atoms with van der Waals surface area (Å²) in [7, 11) is 0. The minimum absolute atomic E-state index is 0.0478. The summed E-state index contributed by atoms with van der Waals surface area (Å²) in [5.74, 6) is 0.685. The van der Waals surface area contributed by atoms with Crippen LogP contribution >= 0.6 is 0 Å². The average Bonchev–Trinajstić information content (AvgIpc) is 2.73. The number of benzene rings is 1. The fraction of sp³-hybridized carbons (Fsp3) is 0.667. The van der Waals surface area contributed by atoms with Crippen LogP contribution in [0.25, 0.3) is 0 Å². The number of hydrogen-bond donors (Lipinski definition) is 1. The molecule has 1 heterocycles. The van der Waals surface area contributed by atoms with E-state index in [2.05, 4.69) is 18.7 Å². The zero-order valence-corrected chi connectivity index (χ0v) is 13.4. The highest BCUT2D eigenvalue weighted by molar-refractivity contribution is 5.21. The first-order valence-corrected chi connectivity index (χ1v) is 8.37. The maximum Gasteiger partial charge on any atom is 0.123 e. The highest BCUT2D eigenvalue weighted by atomic mass is 19.1. The number of likely N-dealkylation sites (tertiary alicyclic amines) is 1. The molecule has 1 saturated heterocycles. The van der Waals surface area contributed by atoms with Gasteiger partial charge in [-0.1, -0.05) is 31.9 Å². The molecule has 0 amide bonds. The van der Waals surface area contributed by atoms with Gasteiger partial charge in [0.15, 0.2) is 0 Å². The second kappa shape index (κ2) is 7.90. The maximum atomic E-state index is 13.0. The molecule has 0 bridgehead atoms. The minimum Gasteiger partial charge on any atom is -0.323 e. The van der Waals surface area contributed by atoms with E-state index in [1.165, 1.54) is 44.2 Å². The number of rotatable bonds is 5. The molecule has 3 atom stereocenters. The first-order valence-electron chi connectivity index (χ1n) is 8.37. The Hall–Kier alpha value is -0.930. The number of hydrogen-bond acceptors (Lipinski definition) is 2. The van der Waals surface area contributed by atoms with Crippen molar-refractivity contribution in [3.05, 3.63) is 35.6 Å². The summed E-state index contributed by atoms with van der Waals surface area (Å²) in [6.07, 6.45) is 6.55. The summed E-state index contributed by atoms with van der Waals surface area (Å²) < 4.78 is 13.0. The molecule has 1 aliphatic rings. The van der Waals surface area contributed by atoms with Crippen molar-refractivity contribution >= 4 is 0 Å². The molecule has 1 aliphatic heterocycles. The van der Waals surface area contributed by atoms with Crippen molar-refractivity contribution in [3.8, 4) is 0 Å². The standard InChI is InChI=1S/C18H29FN2/c1-3-5-15-6-4-12-21(13-11-15)14(2)18(20)16-7-9-17(19)10-8-16/h7-10,14-15,18H,3-6,11-13,20H2,1-2H3. The van der Waals surface area contributed by atoms with Gasteiger partial charge in [-0.05, 0) is 62.9 Å². The molecule has 118 valence electrons. The molecule has 1 aromatic rings. The molecular weight excluding hydrogens is 263 g/mol. The summed E-state index contributed by atoms with van der Waals surface area (Å²) in [6, 6.07) is 6.88. The van der Waals surface area contributed by atoms with Gasteiger partial charge in [0.05, 0.1) is 0 Å². The third kappa shape index (κ3) is 4.52. The molecule has 1 aromatic carbocycles. The fourth-order valence-corrected chi connectivity index (χ4v) is 3.48. The molecule has 0 saturated carbocycles. The largest absolute Gasteiger partial charge is 0.323 e. The van der Waals surface area contributed by atoms with Crippen molar-refractivity contribution in [2.75, 3.05) is 13.1 Å². The Balaban J connectivity index is 1.95. The SMILES string of the molecule is CCCC1CCCN(C(C)C(N)c2ccc(F)cc2)CC1. The van der Waals surface area contributed by atoms with Crippen molar-refractivity contribution in [1.82, 2.24) is 4.90 Å². The highest BCUT2D eigenvalue weighted by Crippen LogP contribution is 2.26. The Morgan fingerprint density at radius 2 is 1.95 bits per heavy atom. The summed E-state index contributed by atoms with van der Waals surface area (Å²) >= 11 is 0. The van der Waals surface area contributed by atoms with Crippen LogP contribution in [-0.4, -0.2) is 24.0 Å². The van der Waals surface area contributed by atoms with Crippen LogP contribution in [0.15, 0.2) is 24.3 Å². The predicted octanol–water partition coefficient (Wildman–Crippen LogP) is 4.12. The minimum atomic E-state index is -0.198. The second-order valence-electron chi connectivity index (χ2n) is 6.44. The fourth-order valence-electron chi connectivity index (χ4n) is 3.48. The molecule has 0 aliphatic carbocycles. The van der Waals surface area contributed by atoms with E-state index >= 15 is 0 Å². The summed E-state index contributed by atoms with van der Waals surface area (Å²) in [5, 5.41) is 0. The molecule has 3 heteroatoms. The van der Waals surface area contributed by atoms with E-state index in [1.807, 2.05) is 12.1 Å². The van der Waals surface area contributed by atoms with Crippen LogP contribution in [-0.2, 0) is 0 Å². The van der Waals surface area contributed by atoms with Crippen molar-refractivity contribution in [2.24, 2.45) is 11.7 Å². The van der Waals surface area contributed by atoms with Crippen molar-refractivity contribution in [1.29, 1.82) is 0 Å². The monoisotopic (exact) mass is 292 g/mol. The Kier molecular flexibility index (Phi) is 6.19. The normalized spacial score (nSPS) is 23.5. The predicted molar refractivity (Wildman–Crippen MR) is 86.6 cm³/mol. The van der Waals surface area contributed by atoms with Gasteiger partial charge in [0.1, 0.15) is 5.82 Å². The van der Waals surface area contributed by atoms with Gasteiger partial charge in [0, 0.05) is 12.1 Å². The van der Waals surface area contributed by atoms with Crippen LogP contribution in [0.4, 0.5) is 4.39 Å². The topological polar surface area (TPSA) is 29.3 Å². The van der Waals surface area contributed by atoms with Crippen LogP contribution in [0.5, 0.6) is 0 Å². The van der Waals surface area contributed by atoms with E-state index in [4.69, 9.17) is 5.73 Å². The Morgan fingerprint density at radius 1 is 1.24 bits per heavy atom. The van der Waals surface area contributed by atoms with Crippen LogP contribution in [0, 0.1) is 11.7 Å². The molecule has 0 radical (unpaired) electrons. The lowest BCUT2D eigenvalue weighted by Crippen LogP contribution is -2.41. The molecule has 2 rings (SSSR count). The zero-order valence-electron chi connectivity index (χ0n) is 13.4. The Bertz CT molecular complexity index is 418. The number of nitrogens with zero attached hydrogens (tertiary/aromatic N) is 1. The highest BCUT2D eigenvalue weighted by Gasteiger charge is 2.24. The summed E-state index contributed by atoms with van der Waals surface area (Å²) in [6.45, 7) is 6.75. The molecule has 2 N–H and O–H groups in total. The van der Waals surface area contributed by atoms with Crippen molar-refractivity contribution in [3.63, 3.8) is 0 Å². The maximum absolute atomic E-state index is 13.0. The first-order chi connectivity index (χ1) is 10.1. The van der Waals surface area contributed by atoms with Gasteiger partial charge in [-0.3, -0.25) is 4.90 Å². The van der Waals surface area contributed by atoms with Crippen LogP contribution in [0.3, 0.4) is 0 Å². The molecule has 21 heavy (non-hydrogen) atoms. The van der Waals surface area contributed by atoms with Crippen molar-refractivity contribution in [2.45, 2.75) is 58.0 Å². The number of halogens is 1. The molecule has 0 spiro atoms. The third-order valence-corrected chi connectivity index (χ3v) is 4.93. The van der Waals surface area contributed by atoms with E-state index in [1.54, 1.807) is 0 Å². The van der Waals surface area contributed by atoms with E-state index in [-0.39, 0.29) is 11.9 Å². The Morgan fingerprint density at radius 3 is 2.62 bits per heavy atom.